The maximum atomic E-state index is 13.5. The number of nitrogens with zero attached hydrogens (tertiary/aromatic N) is 4. The second-order valence-corrected chi connectivity index (χ2v) is 8.28. The van der Waals surface area contributed by atoms with Crippen molar-refractivity contribution in [1.82, 2.24) is 4.98 Å². The second kappa shape index (κ2) is 8.34. The maximum absolute atomic E-state index is 13.5. The van der Waals surface area contributed by atoms with Gasteiger partial charge in [0, 0.05) is 11.6 Å². The van der Waals surface area contributed by atoms with Crippen LogP contribution < -0.4 is 4.90 Å². The van der Waals surface area contributed by atoms with E-state index in [0.29, 0.717) is 26.7 Å². The number of amides is 1. The number of carboxylic acid groups (broad SMARTS) is 1. The van der Waals surface area contributed by atoms with Gasteiger partial charge < -0.3 is 5.11 Å². The lowest BCUT2D eigenvalue weighted by atomic mass is 10.1. The number of aromatic carboxylic acids is 1. The molecule has 0 bridgehead atoms. The number of thiazole rings is 1. The highest BCUT2D eigenvalue weighted by atomic mass is 32.1. The van der Waals surface area contributed by atoms with E-state index in [9.17, 15) is 24.8 Å². The number of aromatic nitrogens is 1. The molecule has 166 valence electrons. The Morgan fingerprint density at radius 3 is 2.53 bits per heavy atom. The number of nitro benzene ring substituents is 1. The third kappa shape index (κ3) is 3.71. The van der Waals surface area contributed by atoms with Crippen molar-refractivity contribution in [3.8, 4) is 0 Å². The lowest BCUT2D eigenvalue weighted by Gasteiger charge is -2.14. The van der Waals surface area contributed by atoms with Gasteiger partial charge in [-0.05, 0) is 30.3 Å². The molecule has 9 nitrogen and oxygen atoms in total. The summed E-state index contributed by atoms with van der Waals surface area (Å²) in [7, 11) is 0. The Bertz CT molecular complexity index is 1540. The predicted molar refractivity (Wildman–Crippen MR) is 128 cm³/mol. The summed E-state index contributed by atoms with van der Waals surface area (Å²) in [6.45, 7) is 0. The summed E-state index contributed by atoms with van der Waals surface area (Å²) in [5.41, 5.74) is 1.46. The fraction of sp³-hybridized carbons (Fsp3) is 0. The van der Waals surface area contributed by atoms with Crippen molar-refractivity contribution in [2.75, 3.05) is 4.90 Å². The normalized spacial score (nSPS) is 14.6. The number of carbonyl (C=O) groups excluding carboxylic acids is 1. The molecular formula is C24H14N4O5S. The van der Waals surface area contributed by atoms with Crippen LogP contribution in [0.1, 0.15) is 21.5 Å². The van der Waals surface area contributed by atoms with Crippen LogP contribution in [0.3, 0.4) is 0 Å². The molecule has 1 aromatic heterocycles. The average Bonchev–Trinajstić information content (AvgIpc) is 3.40. The highest BCUT2D eigenvalue weighted by Gasteiger charge is 2.35. The SMILES string of the molecule is O=C(O)c1ccc2nc(N3C(=O)C(=Cc4ccccc4[N+](=O)[O-])N=C3c3ccccc3)sc2c1. The van der Waals surface area contributed by atoms with Crippen LogP contribution in [0.2, 0.25) is 0 Å². The predicted octanol–water partition coefficient (Wildman–Crippen LogP) is 4.74. The number of carbonyl (C=O) groups is 2. The van der Waals surface area contributed by atoms with E-state index in [0.717, 1.165) is 11.3 Å². The number of aliphatic imine (C=N–C) groups is 1. The van der Waals surface area contributed by atoms with Gasteiger partial charge in [-0.1, -0.05) is 53.8 Å². The van der Waals surface area contributed by atoms with Crippen molar-refractivity contribution in [2.45, 2.75) is 0 Å². The number of anilines is 1. The van der Waals surface area contributed by atoms with Gasteiger partial charge in [-0.15, -0.1) is 0 Å². The van der Waals surface area contributed by atoms with Crippen LogP contribution in [-0.4, -0.2) is 32.7 Å². The molecule has 1 aliphatic heterocycles. The lowest BCUT2D eigenvalue weighted by molar-refractivity contribution is -0.385. The van der Waals surface area contributed by atoms with E-state index in [2.05, 4.69) is 9.98 Å². The summed E-state index contributed by atoms with van der Waals surface area (Å²) in [4.78, 5) is 46.1. The minimum atomic E-state index is -1.06. The van der Waals surface area contributed by atoms with Crippen LogP contribution in [-0.2, 0) is 4.79 Å². The molecule has 0 saturated carbocycles. The van der Waals surface area contributed by atoms with E-state index in [1.165, 1.54) is 29.2 Å². The molecule has 0 fully saturated rings. The quantitative estimate of drug-likeness (QED) is 0.255. The molecule has 2 heterocycles. The van der Waals surface area contributed by atoms with Crippen LogP contribution in [0.15, 0.2) is 83.5 Å². The van der Waals surface area contributed by atoms with E-state index in [-0.39, 0.29) is 22.5 Å². The Hall–Kier alpha value is -4.70. The monoisotopic (exact) mass is 470 g/mol. The number of rotatable bonds is 5. The van der Waals surface area contributed by atoms with E-state index >= 15 is 0 Å². The van der Waals surface area contributed by atoms with E-state index in [4.69, 9.17) is 0 Å². The smallest absolute Gasteiger partial charge is 0.335 e. The first kappa shape index (κ1) is 21.2. The molecule has 0 atom stereocenters. The van der Waals surface area contributed by atoms with Gasteiger partial charge in [0.1, 0.15) is 11.5 Å². The molecule has 10 heteroatoms. The van der Waals surface area contributed by atoms with E-state index < -0.39 is 16.8 Å². The molecule has 1 amide bonds. The summed E-state index contributed by atoms with van der Waals surface area (Å²) in [5.74, 6) is -1.22. The third-order valence-electron chi connectivity index (χ3n) is 5.13. The molecule has 0 spiro atoms. The van der Waals surface area contributed by atoms with Crippen molar-refractivity contribution in [1.29, 1.82) is 0 Å². The number of fused-ring (bicyclic) bond motifs is 1. The zero-order valence-electron chi connectivity index (χ0n) is 17.3. The number of nitro groups is 1. The first-order valence-corrected chi connectivity index (χ1v) is 10.8. The van der Waals surface area contributed by atoms with E-state index in [1.807, 2.05) is 18.2 Å². The summed E-state index contributed by atoms with van der Waals surface area (Å²) in [5, 5.41) is 21.0. The van der Waals surface area contributed by atoms with Gasteiger partial charge in [-0.3, -0.25) is 14.9 Å². The molecule has 0 saturated heterocycles. The van der Waals surface area contributed by atoms with Crippen molar-refractivity contribution < 1.29 is 19.6 Å². The molecule has 5 rings (SSSR count). The second-order valence-electron chi connectivity index (χ2n) is 7.27. The molecular weight excluding hydrogens is 456 g/mol. The van der Waals surface area contributed by atoms with Gasteiger partial charge in [0.2, 0.25) is 0 Å². The van der Waals surface area contributed by atoms with Crippen LogP contribution in [0.4, 0.5) is 10.8 Å². The van der Waals surface area contributed by atoms with Crippen molar-refractivity contribution in [3.63, 3.8) is 0 Å². The number of benzene rings is 3. The van der Waals surface area contributed by atoms with Crippen LogP contribution in [0, 0.1) is 10.1 Å². The lowest BCUT2D eigenvalue weighted by Crippen LogP contribution is -2.32. The average molecular weight is 470 g/mol. The number of carboxylic acids is 1. The number of hydrogen-bond acceptors (Lipinski definition) is 7. The van der Waals surface area contributed by atoms with Gasteiger partial charge in [0.05, 0.1) is 26.3 Å². The molecule has 34 heavy (non-hydrogen) atoms. The van der Waals surface area contributed by atoms with Gasteiger partial charge in [0.25, 0.3) is 11.6 Å². The molecule has 1 N–H and O–H groups in total. The molecule has 0 unspecified atom stereocenters. The zero-order chi connectivity index (χ0) is 23.8. The summed E-state index contributed by atoms with van der Waals surface area (Å²) >= 11 is 1.16. The Morgan fingerprint density at radius 2 is 1.79 bits per heavy atom. The molecule has 1 aliphatic rings. The standard InChI is InChI=1S/C24H14N4O5S/c29-22-18(12-15-8-4-5-9-19(15)28(32)33)25-21(14-6-2-1-3-7-14)27(22)24-26-17-11-10-16(23(30)31)13-20(17)34-24/h1-13H,(H,30,31). The molecule has 0 radical (unpaired) electrons. The highest BCUT2D eigenvalue weighted by Crippen LogP contribution is 2.35. The summed E-state index contributed by atoms with van der Waals surface area (Å²) in [6, 6.07) is 19.7. The fourth-order valence-electron chi connectivity index (χ4n) is 3.54. The number of amidine groups is 1. The van der Waals surface area contributed by atoms with Crippen molar-refractivity contribution in [3.05, 3.63) is 105 Å². The Kier molecular flexibility index (Phi) is 5.19. The van der Waals surface area contributed by atoms with E-state index in [1.54, 1.807) is 36.4 Å². The van der Waals surface area contributed by atoms with Crippen LogP contribution >= 0.6 is 11.3 Å². The topological polar surface area (TPSA) is 126 Å². The summed E-state index contributed by atoms with van der Waals surface area (Å²) < 4.78 is 0.603. The molecule has 4 aromatic rings. The summed E-state index contributed by atoms with van der Waals surface area (Å²) in [6.07, 6.45) is 1.39. The Balaban J connectivity index is 1.65. The fourth-order valence-corrected chi connectivity index (χ4v) is 4.54. The maximum Gasteiger partial charge on any atom is 0.335 e. The minimum Gasteiger partial charge on any atom is -0.478 e. The highest BCUT2D eigenvalue weighted by molar-refractivity contribution is 7.22. The first-order chi connectivity index (χ1) is 16.4. The Morgan fingerprint density at radius 1 is 1.06 bits per heavy atom. The van der Waals surface area contributed by atoms with Crippen molar-refractivity contribution >= 4 is 56.2 Å². The Labute approximate surface area is 196 Å². The van der Waals surface area contributed by atoms with Gasteiger partial charge in [0.15, 0.2) is 5.13 Å². The zero-order valence-corrected chi connectivity index (χ0v) is 18.1. The van der Waals surface area contributed by atoms with Crippen LogP contribution in [0.25, 0.3) is 16.3 Å². The van der Waals surface area contributed by atoms with Gasteiger partial charge in [-0.25, -0.2) is 19.7 Å². The number of para-hydroxylation sites is 1. The number of hydrogen-bond donors (Lipinski definition) is 1. The molecule has 0 aliphatic carbocycles. The van der Waals surface area contributed by atoms with Gasteiger partial charge in [-0.2, -0.15) is 0 Å². The van der Waals surface area contributed by atoms with Crippen molar-refractivity contribution in [2.24, 2.45) is 4.99 Å². The van der Waals surface area contributed by atoms with Gasteiger partial charge >= 0.3 is 5.97 Å². The molecule has 3 aromatic carbocycles. The first-order valence-electron chi connectivity index (χ1n) is 10.00. The largest absolute Gasteiger partial charge is 0.478 e. The minimum absolute atomic E-state index is 0.0265. The van der Waals surface area contributed by atoms with Crippen LogP contribution in [0.5, 0.6) is 0 Å². The third-order valence-corrected chi connectivity index (χ3v) is 6.14.